The Balaban J connectivity index is 2.14. The van der Waals surface area contributed by atoms with Gasteiger partial charge in [-0.15, -0.1) is 0 Å². The van der Waals surface area contributed by atoms with Crippen molar-refractivity contribution in [2.24, 2.45) is 0 Å². The van der Waals surface area contributed by atoms with Gasteiger partial charge in [0.05, 0.1) is 6.04 Å². The van der Waals surface area contributed by atoms with Gasteiger partial charge in [-0.2, -0.15) is 0 Å². The molecule has 1 aliphatic heterocycles. The Morgan fingerprint density at radius 3 is 2.87 bits per heavy atom. The lowest BCUT2D eigenvalue weighted by Gasteiger charge is -2.20. The zero-order valence-corrected chi connectivity index (χ0v) is 9.54. The molecule has 0 bridgehead atoms. The number of amides is 1. The highest BCUT2D eigenvalue weighted by Gasteiger charge is 2.24. The molecule has 88 valence electrons. The van der Waals surface area contributed by atoms with Crippen LogP contribution in [0.5, 0.6) is 0 Å². The molecule has 1 heterocycles. The number of nitrogens with one attached hydrogen (secondary N) is 1. The lowest BCUT2D eigenvalue weighted by atomic mass is 10.2. The zero-order valence-electron chi connectivity index (χ0n) is 9.54. The van der Waals surface area contributed by atoms with Gasteiger partial charge in [-0.05, 0) is 38.6 Å². The molecule has 0 aromatic carbocycles. The highest BCUT2D eigenvalue weighted by atomic mass is 16.2. The minimum Gasteiger partial charge on any atom is -0.396 e. The summed E-state index contributed by atoms with van der Waals surface area (Å²) in [5.74, 6) is 0.219. The van der Waals surface area contributed by atoms with Gasteiger partial charge in [-0.25, -0.2) is 0 Å². The highest BCUT2D eigenvalue weighted by molar-refractivity contribution is 5.81. The van der Waals surface area contributed by atoms with Gasteiger partial charge >= 0.3 is 0 Å². The number of hydrogen-bond donors (Lipinski definition) is 2. The van der Waals surface area contributed by atoms with Gasteiger partial charge in [0.1, 0.15) is 0 Å². The molecule has 1 fully saturated rings. The fourth-order valence-electron chi connectivity index (χ4n) is 1.91. The summed E-state index contributed by atoms with van der Waals surface area (Å²) in [6, 6.07) is 0.0489. The van der Waals surface area contributed by atoms with Gasteiger partial charge in [0.15, 0.2) is 0 Å². The van der Waals surface area contributed by atoms with Crippen molar-refractivity contribution in [1.29, 1.82) is 0 Å². The highest BCUT2D eigenvalue weighted by Crippen LogP contribution is 2.08. The first-order chi connectivity index (χ1) is 7.25. The third kappa shape index (κ3) is 4.18. The predicted octanol–water partition coefficient (Wildman–Crippen LogP) is 0.359. The molecule has 0 aliphatic carbocycles. The average molecular weight is 214 g/mol. The van der Waals surface area contributed by atoms with Gasteiger partial charge in [0.25, 0.3) is 0 Å². The molecule has 1 saturated heterocycles. The van der Waals surface area contributed by atoms with Crippen molar-refractivity contribution >= 4 is 5.91 Å². The molecule has 1 rings (SSSR count). The van der Waals surface area contributed by atoms with E-state index in [1.165, 1.54) is 0 Å². The van der Waals surface area contributed by atoms with Crippen LogP contribution in [0.4, 0.5) is 0 Å². The number of nitrogens with zero attached hydrogens (tertiary/aromatic N) is 1. The van der Waals surface area contributed by atoms with Gasteiger partial charge < -0.3 is 15.3 Å². The number of unbranched alkanes of at least 4 members (excludes halogenated alkanes) is 2. The molecule has 0 aromatic rings. The number of rotatable bonds is 6. The normalized spacial score (nSPS) is 20.5. The Morgan fingerprint density at radius 1 is 1.47 bits per heavy atom. The molecular weight excluding hydrogens is 192 g/mol. The summed E-state index contributed by atoms with van der Waals surface area (Å²) in [4.78, 5) is 13.6. The molecule has 2 N–H and O–H groups in total. The van der Waals surface area contributed by atoms with E-state index in [4.69, 9.17) is 5.11 Å². The van der Waals surface area contributed by atoms with Crippen molar-refractivity contribution in [3.63, 3.8) is 0 Å². The Labute approximate surface area is 91.6 Å². The maximum absolute atomic E-state index is 11.8. The third-order valence-electron chi connectivity index (χ3n) is 2.89. The first-order valence-electron chi connectivity index (χ1n) is 5.85. The minimum absolute atomic E-state index is 0.0489. The zero-order chi connectivity index (χ0) is 11.1. The van der Waals surface area contributed by atoms with Gasteiger partial charge in [-0.1, -0.05) is 0 Å². The largest absolute Gasteiger partial charge is 0.396 e. The van der Waals surface area contributed by atoms with E-state index in [2.05, 4.69) is 5.32 Å². The first-order valence-corrected chi connectivity index (χ1v) is 5.85. The van der Waals surface area contributed by atoms with Crippen LogP contribution in [0.1, 0.15) is 32.1 Å². The van der Waals surface area contributed by atoms with Crippen molar-refractivity contribution in [2.45, 2.75) is 38.1 Å². The number of carbonyl (C=O) groups is 1. The Morgan fingerprint density at radius 2 is 2.27 bits per heavy atom. The fourth-order valence-corrected chi connectivity index (χ4v) is 1.91. The summed E-state index contributed by atoms with van der Waals surface area (Å²) in [7, 11) is 1.86. The van der Waals surface area contributed by atoms with Crippen molar-refractivity contribution in [3.05, 3.63) is 0 Å². The van der Waals surface area contributed by atoms with Gasteiger partial charge in [-0.3, -0.25) is 4.79 Å². The van der Waals surface area contributed by atoms with E-state index >= 15 is 0 Å². The van der Waals surface area contributed by atoms with Crippen LogP contribution in [0.3, 0.4) is 0 Å². The fraction of sp³-hybridized carbons (Fsp3) is 0.909. The molecule has 1 aliphatic rings. The van der Waals surface area contributed by atoms with Crippen molar-refractivity contribution < 1.29 is 9.90 Å². The summed E-state index contributed by atoms with van der Waals surface area (Å²) >= 11 is 0. The van der Waals surface area contributed by atoms with Crippen LogP contribution < -0.4 is 5.32 Å². The molecule has 1 atom stereocenters. The molecule has 0 saturated carbocycles. The molecule has 15 heavy (non-hydrogen) atoms. The summed E-state index contributed by atoms with van der Waals surface area (Å²) < 4.78 is 0. The summed E-state index contributed by atoms with van der Waals surface area (Å²) in [6.45, 7) is 2.02. The minimum atomic E-state index is 0.0489. The van der Waals surface area contributed by atoms with Crippen LogP contribution in [0.15, 0.2) is 0 Å². The van der Waals surface area contributed by atoms with Crippen molar-refractivity contribution in [1.82, 2.24) is 10.2 Å². The van der Waals surface area contributed by atoms with Crippen LogP contribution >= 0.6 is 0 Å². The lowest BCUT2D eigenvalue weighted by molar-refractivity contribution is -0.131. The number of carbonyl (C=O) groups excluding carboxylic acids is 1. The molecule has 0 unspecified atom stereocenters. The van der Waals surface area contributed by atoms with E-state index < -0.39 is 0 Å². The second-order valence-corrected chi connectivity index (χ2v) is 4.19. The van der Waals surface area contributed by atoms with Gasteiger partial charge in [0, 0.05) is 20.2 Å². The maximum Gasteiger partial charge on any atom is 0.239 e. The van der Waals surface area contributed by atoms with E-state index in [-0.39, 0.29) is 18.6 Å². The Hall–Kier alpha value is -0.610. The van der Waals surface area contributed by atoms with Crippen molar-refractivity contribution in [2.75, 3.05) is 26.7 Å². The number of hydrogen-bond acceptors (Lipinski definition) is 3. The molecular formula is C11H22N2O2. The van der Waals surface area contributed by atoms with E-state index in [0.29, 0.717) is 0 Å². The lowest BCUT2D eigenvalue weighted by Crippen LogP contribution is -2.41. The summed E-state index contributed by atoms with van der Waals surface area (Å²) in [5.41, 5.74) is 0. The molecule has 0 spiro atoms. The smallest absolute Gasteiger partial charge is 0.239 e. The molecule has 0 radical (unpaired) electrons. The monoisotopic (exact) mass is 214 g/mol. The van der Waals surface area contributed by atoms with E-state index in [1.54, 1.807) is 4.90 Å². The molecule has 0 aromatic heterocycles. The van der Waals surface area contributed by atoms with E-state index in [9.17, 15) is 4.79 Å². The first kappa shape index (κ1) is 12.5. The standard InChI is InChI=1S/C11H22N2O2/c1-13(8-3-2-4-9-14)11(15)10-6-5-7-12-10/h10,12,14H,2-9H2,1H3/t10-/m0/s1. The Kier molecular flexibility index (Phi) is 5.65. The quantitative estimate of drug-likeness (QED) is 0.628. The van der Waals surface area contributed by atoms with E-state index in [1.807, 2.05) is 7.05 Å². The number of likely N-dealkylation sites (N-methyl/N-ethyl adjacent to an activating group) is 1. The molecule has 1 amide bonds. The van der Waals surface area contributed by atoms with Crippen LogP contribution in [-0.4, -0.2) is 48.7 Å². The van der Waals surface area contributed by atoms with Crippen LogP contribution in [0.2, 0.25) is 0 Å². The maximum atomic E-state index is 11.8. The van der Waals surface area contributed by atoms with E-state index in [0.717, 1.165) is 45.2 Å². The topological polar surface area (TPSA) is 52.6 Å². The van der Waals surface area contributed by atoms with Crippen LogP contribution in [-0.2, 0) is 4.79 Å². The number of aliphatic hydroxyl groups is 1. The van der Waals surface area contributed by atoms with Crippen molar-refractivity contribution in [3.8, 4) is 0 Å². The van der Waals surface area contributed by atoms with Crippen LogP contribution in [0, 0.1) is 0 Å². The average Bonchev–Trinajstić information content (AvgIpc) is 2.76. The predicted molar refractivity (Wildman–Crippen MR) is 59.6 cm³/mol. The summed E-state index contributed by atoms with van der Waals surface area (Å²) in [5, 5.41) is 11.8. The second kappa shape index (κ2) is 6.80. The Bertz CT molecular complexity index is 191. The second-order valence-electron chi connectivity index (χ2n) is 4.19. The third-order valence-corrected chi connectivity index (χ3v) is 2.89. The number of aliphatic hydroxyl groups excluding tert-OH is 1. The summed E-state index contributed by atoms with van der Waals surface area (Å²) in [6.07, 6.45) is 4.89. The molecule has 4 heteroatoms. The SMILES string of the molecule is CN(CCCCCO)C(=O)[C@@H]1CCCN1. The van der Waals surface area contributed by atoms with Gasteiger partial charge in [0.2, 0.25) is 5.91 Å². The molecule has 4 nitrogen and oxygen atoms in total. The van der Waals surface area contributed by atoms with Crippen LogP contribution in [0.25, 0.3) is 0 Å².